The van der Waals surface area contributed by atoms with E-state index >= 15 is 0 Å². The Bertz CT molecular complexity index is 180. The summed E-state index contributed by atoms with van der Waals surface area (Å²) in [7, 11) is 0. The zero-order chi connectivity index (χ0) is 9.57. The van der Waals surface area contributed by atoms with Crippen molar-refractivity contribution < 1.29 is 4.74 Å². The second-order valence-corrected chi connectivity index (χ2v) is 4.01. The molecule has 0 radical (unpaired) electrons. The van der Waals surface area contributed by atoms with Gasteiger partial charge in [-0.05, 0) is 18.3 Å². The summed E-state index contributed by atoms with van der Waals surface area (Å²) in [5.41, 5.74) is 0.383. The van der Waals surface area contributed by atoms with Gasteiger partial charge < -0.3 is 10.1 Å². The summed E-state index contributed by atoms with van der Waals surface area (Å²) in [6, 6.07) is 2.13. The summed E-state index contributed by atoms with van der Waals surface area (Å²) in [6.07, 6.45) is 2.87. The molecule has 0 bridgehead atoms. The van der Waals surface area contributed by atoms with Crippen molar-refractivity contribution in [2.75, 3.05) is 26.3 Å². The molecule has 3 heteroatoms. The quantitative estimate of drug-likeness (QED) is 0.667. The van der Waals surface area contributed by atoms with Crippen molar-refractivity contribution in [3.63, 3.8) is 0 Å². The van der Waals surface area contributed by atoms with E-state index in [2.05, 4.69) is 18.3 Å². The summed E-state index contributed by atoms with van der Waals surface area (Å²) in [4.78, 5) is 0. The van der Waals surface area contributed by atoms with Crippen molar-refractivity contribution in [2.45, 2.75) is 26.2 Å². The Labute approximate surface area is 80.1 Å². The minimum atomic E-state index is 0.383. The molecular formula is C10H18N2O. The minimum Gasteiger partial charge on any atom is -0.381 e. The molecular weight excluding hydrogens is 164 g/mol. The first kappa shape index (κ1) is 10.5. The Morgan fingerprint density at radius 2 is 2.15 bits per heavy atom. The standard InChI is InChI=1S/C10H18N2O/c1-10(3-7-13-8-4-10)9-12-6-2-5-11/h12H,2-4,6-9H2,1H3. The van der Waals surface area contributed by atoms with Crippen LogP contribution in [0.25, 0.3) is 0 Å². The molecule has 1 aliphatic heterocycles. The van der Waals surface area contributed by atoms with Gasteiger partial charge in [0, 0.05) is 32.7 Å². The number of ether oxygens (including phenoxy) is 1. The molecule has 0 saturated carbocycles. The van der Waals surface area contributed by atoms with E-state index in [1.54, 1.807) is 0 Å². The normalized spacial score (nSPS) is 20.9. The van der Waals surface area contributed by atoms with E-state index in [4.69, 9.17) is 10.00 Å². The van der Waals surface area contributed by atoms with Crippen LogP contribution < -0.4 is 5.32 Å². The number of nitrogens with zero attached hydrogens (tertiary/aromatic N) is 1. The van der Waals surface area contributed by atoms with E-state index in [0.717, 1.165) is 39.1 Å². The Morgan fingerprint density at radius 1 is 1.46 bits per heavy atom. The van der Waals surface area contributed by atoms with Crippen molar-refractivity contribution in [3.8, 4) is 6.07 Å². The highest BCUT2D eigenvalue weighted by molar-refractivity contribution is 4.80. The van der Waals surface area contributed by atoms with Gasteiger partial charge >= 0.3 is 0 Å². The van der Waals surface area contributed by atoms with Gasteiger partial charge in [0.15, 0.2) is 0 Å². The summed E-state index contributed by atoms with van der Waals surface area (Å²) in [5.74, 6) is 0. The minimum absolute atomic E-state index is 0.383. The summed E-state index contributed by atoms with van der Waals surface area (Å²) in [5, 5.41) is 11.7. The van der Waals surface area contributed by atoms with Crippen molar-refractivity contribution in [1.29, 1.82) is 5.26 Å². The fourth-order valence-corrected chi connectivity index (χ4v) is 1.58. The average Bonchev–Trinajstić information content (AvgIpc) is 2.14. The highest BCUT2D eigenvalue weighted by Gasteiger charge is 2.26. The zero-order valence-corrected chi connectivity index (χ0v) is 8.31. The van der Waals surface area contributed by atoms with E-state index in [9.17, 15) is 0 Å². The van der Waals surface area contributed by atoms with Gasteiger partial charge in [0.2, 0.25) is 0 Å². The van der Waals surface area contributed by atoms with Gasteiger partial charge in [-0.15, -0.1) is 0 Å². The maximum Gasteiger partial charge on any atom is 0.0635 e. The SMILES string of the molecule is CC1(CNCCC#N)CCOCC1. The number of nitrogens with one attached hydrogen (secondary N) is 1. The van der Waals surface area contributed by atoms with Crippen LogP contribution >= 0.6 is 0 Å². The predicted octanol–water partition coefficient (Wildman–Crippen LogP) is 1.31. The lowest BCUT2D eigenvalue weighted by molar-refractivity contribution is 0.0243. The van der Waals surface area contributed by atoms with Crippen LogP contribution in [-0.2, 0) is 4.74 Å². The lowest BCUT2D eigenvalue weighted by Crippen LogP contribution is -2.37. The second kappa shape index (κ2) is 5.21. The molecule has 13 heavy (non-hydrogen) atoms. The van der Waals surface area contributed by atoms with Crippen LogP contribution in [-0.4, -0.2) is 26.3 Å². The molecule has 0 aromatic rings. The first-order valence-electron chi connectivity index (χ1n) is 4.92. The van der Waals surface area contributed by atoms with Gasteiger partial charge in [-0.2, -0.15) is 5.26 Å². The van der Waals surface area contributed by atoms with Crippen molar-refractivity contribution >= 4 is 0 Å². The van der Waals surface area contributed by atoms with Crippen molar-refractivity contribution in [2.24, 2.45) is 5.41 Å². The maximum absolute atomic E-state index is 8.36. The molecule has 1 rings (SSSR count). The largest absolute Gasteiger partial charge is 0.381 e. The van der Waals surface area contributed by atoms with E-state index in [1.807, 2.05) is 0 Å². The van der Waals surface area contributed by atoms with Crippen LogP contribution in [0.4, 0.5) is 0 Å². The van der Waals surface area contributed by atoms with E-state index in [1.165, 1.54) is 0 Å². The summed E-state index contributed by atoms with van der Waals surface area (Å²) in [6.45, 7) is 5.88. The monoisotopic (exact) mass is 182 g/mol. The molecule has 1 saturated heterocycles. The number of hydrogen-bond donors (Lipinski definition) is 1. The Balaban J connectivity index is 2.14. The molecule has 1 heterocycles. The molecule has 1 aliphatic rings. The first-order chi connectivity index (χ1) is 6.27. The van der Waals surface area contributed by atoms with E-state index < -0.39 is 0 Å². The third-order valence-electron chi connectivity index (χ3n) is 2.67. The van der Waals surface area contributed by atoms with Crippen LogP contribution in [0.1, 0.15) is 26.2 Å². The topological polar surface area (TPSA) is 45.0 Å². The van der Waals surface area contributed by atoms with Crippen LogP contribution in [0.5, 0.6) is 0 Å². The number of rotatable bonds is 4. The van der Waals surface area contributed by atoms with Gasteiger partial charge in [-0.1, -0.05) is 6.92 Å². The molecule has 3 nitrogen and oxygen atoms in total. The van der Waals surface area contributed by atoms with Crippen LogP contribution in [0.2, 0.25) is 0 Å². The molecule has 1 fully saturated rings. The third-order valence-corrected chi connectivity index (χ3v) is 2.67. The highest BCUT2D eigenvalue weighted by atomic mass is 16.5. The Kier molecular flexibility index (Phi) is 4.20. The van der Waals surface area contributed by atoms with Crippen molar-refractivity contribution in [1.82, 2.24) is 5.32 Å². The van der Waals surface area contributed by atoms with Crippen molar-refractivity contribution in [3.05, 3.63) is 0 Å². The van der Waals surface area contributed by atoms with Crippen LogP contribution in [0, 0.1) is 16.7 Å². The summed E-state index contributed by atoms with van der Waals surface area (Å²) >= 11 is 0. The highest BCUT2D eigenvalue weighted by Crippen LogP contribution is 2.28. The second-order valence-electron chi connectivity index (χ2n) is 4.01. The Morgan fingerprint density at radius 3 is 2.77 bits per heavy atom. The number of nitriles is 1. The Hall–Kier alpha value is -0.590. The molecule has 0 amide bonds. The van der Waals surface area contributed by atoms with Gasteiger partial charge in [-0.25, -0.2) is 0 Å². The van der Waals surface area contributed by atoms with E-state index in [-0.39, 0.29) is 0 Å². The van der Waals surface area contributed by atoms with E-state index in [0.29, 0.717) is 11.8 Å². The average molecular weight is 182 g/mol. The molecule has 0 spiro atoms. The number of hydrogen-bond acceptors (Lipinski definition) is 3. The molecule has 0 unspecified atom stereocenters. The molecule has 0 atom stereocenters. The van der Waals surface area contributed by atoms with Gasteiger partial charge in [0.05, 0.1) is 6.07 Å². The fourth-order valence-electron chi connectivity index (χ4n) is 1.58. The molecule has 0 aliphatic carbocycles. The lowest BCUT2D eigenvalue weighted by atomic mass is 9.82. The van der Waals surface area contributed by atoms with Crippen LogP contribution in [0.3, 0.4) is 0 Å². The van der Waals surface area contributed by atoms with Gasteiger partial charge in [0.25, 0.3) is 0 Å². The van der Waals surface area contributed by atoms with Crippen LogP contribution in [0.15, 0.2) is 0 Å². The molecule has 74 valence electrons. The lowest BCUT2D eigenvalue weighted by Gasteiger charge is -2.33. The fraction of sp³-hybridized carbons (Fsp3) is 0.900. The molecule has 0 aromatic heterocycles. The predicted molar refractivity (Wildman–Crippen MR) is 51.3 cm³/mol. The molecule has 1 N–H and O–H groups in total. The molecule has 0 aromatic carbocycles. The first-order valence-corrected chi connectivity index (χ1v) is 4.92. The van der Waals surface area contributed by atoms with Gasteiger partial charge in [-0.3, -0.25) is 0 Å². The third kappa shape index (κ3) is 3.75. The smallest absolute Gasteiger partial charge is 0.0635 e. The summed E-state index contributed by atoms with van der Waals surface area (Å²) < 4.78 is 5.31. The maximum atomic E-state index is 8.36. The van der Waals surface area contributed by atoms with Gasteiger partial charge in [0.1, 0.15) is 0 Å². The zero-order valence-electron chi connectivity index (χ0n) is 8.31.